The third-order valence-electron chi connectivity index (χ3n) is 7.77. The zero-order valence-corrected chi connectivity index (χ0v) is 29.2. The van der Waals surface area contributed by atoms with E-state index in [9.17, 15) is 14.9 Å². The molecule has 0 saturated heterocycles. The van der Waals surface area contributed by atoms with Gasteiger partial charge in [-0.1, -0.05) is 59.9 Å². The Morgan fingerprint density at radius 2 is 1.81 bits per heavy atom. The molecule has 1 aromatic heterocycles. The predicted molar refractivity (Wildman–Crippen MR) is 193 cm³/mol. The quantitative estimate of drug-likeness (QED) is 0.186. The zero-order valence-electron chi connectivity index (χ0n) is 26.2. The summed E-state index contributed by atoms with van der Waals surface area (Å²) in [7, 11) is 3.13. The van der Waals surface area contributed by atoms with E-state index in [-0.39, 0.29) is 18.1 Å². The average molecular weight is 769 g/mol. The first-order valence-corrected chi connectivity index (χ1v) is 16.7. The van der Waals surface area contributed by atoms with Crippen molar-refractivity contribution >= 4 is 51.6 Å². The molecule has 11 heteroatoms. The van der Waals surface area contributed by atoms with Gasteiger partial charge in [0.2, 0.25) is 0 Å². The normalized spacial score (nSPS) is 14.1. The molecule has 1 aliphatic heterocycles. The predicted octanol–water partition coefficient (Wildman–Crippen LogP) is 5.95. The molecule has 0 spiro atoms. The topological polar surface area (TPSA) is 115 Å². The Hall–Kier alpha value is -5.19. The third kappa shape index (κ3) is 6.62. The van der Waals surface area contributed by atoms with Gasteiger partial charge in [0.05, 0.1) is 51.3 Å². The molecular formula is C37H29IN4O5S. The monoisotopic (exact) mass is 768 g/mol. The van der Waals surface area contributed by atoms with Crippen LogP contribution in [0.25, 0.3) is 6.08 Å². The number of aromatic nitrogens is 1. The molecule has 1 N–H and O–H groups in total. The summed E-state index contributed by atoms with van der Waals surface area (Å²) >= 11 is 3.42. The smallest absolute Gasteiger partial charge is 0.271 e. The van der Waals surface area contributed by atoms with Gasteiger partial charge < -0.3 is 19.5 Å². The highest BCUT2D eigenvalue weighted by Gasteiger charge is 2.33. The lowest BCUT2D eigenvalue weighted by molar-refractivity contribution is -0.113. The Morgan fingerprint density at radius 3 is 2.56 bits per heavy atom. The van der Waals surface area contributed by atoms with Crippen LogP contribution >= 0.6 is 33.9 Å². The first-order chi connectivity index (χ1) is 23.3. The summed E-state index contributed by atoms with van der Waals surface area (Å²) in [6.45, 7) is 1.98. The highest BCUT2D eigenvalue weighted by Crippen LogP contribution is 2.35. The lowest BCUT2D eigenvalue weighted by Gasteiger charge is -2.25. The van der Waals surface area contributed by atoms with Crippen LogP contribution in [0.5, 0.6) is 17.2 Å². The lowest BCUT2D eigenvalue weighted by Crippen LogP contribution is -2.40. The number of fused-ring (bicyclic) bond motifs is 1. The van der Waals surface area contributed by atoms with E-state index in [0.29, 0.717) is 54.7 Å². The molecule has 0 aliphatic carbocycles. The number of nitrogens with one attached hydrogen (secondary N) is 1. The van der Waals surface area contributed by atoms with Gasteiger partial charge in [-0.2, -0.15) is 5.26 Å². The second-order valence-corrected chi connectivity index (χ2v) is 12.9. The summed E-state index contributed by atoms with van der Waals surface area (Å²) in [5.41, 5.74) is 3.97. The number of methoxy groups -OCH3 is 2. The molecule has 5 aromatic rings. The van der Waals surface area contributed by atoms with Crippen molar-refractivity contribution in [1.29, 1.82) is 5.26 Å². The van der Waals surface area contributed by atoms with Crippen molar-refractivity contribution in [3.63, 3.8) is 0 Å². The van der Waals surface area contributed by atoms with Gasteiger partial charge in [0.25, 0.3) is 11.5 Å². The Morgan fingerprint density at radius 1 is 1.04 bits per heavy atom. The minimum Gasteiger partial charge on any atom is -0.497 e. The minimum absolute atomic E-state index is 0.192. The maximum absolute atomic E-state index is 14.2. The second-order valence-electron chi connectivity index (χ2n) is 10.8. The molecule has 4 aromatic carbocycles. The molecule has 0 fully saturated rings. The summed E-state index contributed by atoms with van der Waals surface area (Å²) in [6, 6.07) is 28.9. The van der Waals surface area contributed by atoms with Crippen LogP contribution in [0, 0.1) is 14.9 Å². The van der Waals surface area contributed by atoms with Crippen molar-refractivity contribution in [2.75, 3.05) is 19.5 Å². The molecule has 0 radical (unpaired) electrons. The second kappa shape index (κ2) is 14.3. The van der Waals surface area contributed by atoms with Gasteiger partial charge in [0.1, 0.15) is 12.4 Å². The average Bonchev–Trinajstić information content (AvgIpc) is 3.40. The number of thiazole rings is 1. The van der Waals surface area contributed by atoms with Crippen LogP contribution < -0.4 is 34.4 Å². The molecule has 6 rings (SSSR count). The first-order valence-electron chi connectivity index (χ1n) is 14.8. The summed E-state index contributed by atoms with van der Waals surface area (Å²) in [4.78, 5) is 33.3. The molecule has 1 amide bonds. The van der Waals surface area contributed by atoms with Crippen molar-refractivity contribution < 1.29 is 19.0 Å². The molecule has 2 heterocycles. The Balaban J connectivity index is 1.41. The van der Waals surface area contributed by atoms with E-state index in [0.717, 1.165) is 14.7 Å². The fourth-order valence-corrected chi connectivity index (χ4v) is 7.31. The Bertz CT molecular complexity index is 2290. The number of ether oxygens (including phenoxy) is 3. The summed E-state index contributed by atoms with van der Waals surface area (Å²) in [5, 5.41) is 12.4. The fraction of sp³-hybridized carbons (Fsp3) is 0.135. The number of carbonyl (C=O) groups excluding carboxylic acids is 1. The minimum atomic E-state index is -0.746. The number of rotatable bonds is 9. The van der Waals surface area contributed by atoms with Gasteiger partial charge in [-0.25, -0.2) is 4.99 Å². The molecule has 0 saturated carbocycles. The first kappa shape index (κ1) is 32.7. The number of anilines is 1. The maximum atomic E-state index is 14.2. The molecule has 1 aliphatic rings. The standard InChI is InChI=1S/C37H29IN4O5S/c1-22-32(35(43)41-27-13-5-4-6-14-27)33(24-12-9-15-28(19-24)45-2)42-36(44)31(48-37(42)40-22)18-23-16-29(38)34(30(17-23)46-3)47-21-26-11-8-7-10-25(26)20-39/h4-19,33H,21H2,1-3H3,(H,41,43)/b31-18-/t33-/m1/s1. The number of para-hydroxylation sites is 1. The Labute approximate surface area is 294 Å². The number of hydrogen-bond donors (Lipinski definition) is 1. The van der Waals surface area contributed by atoms with E-state index in [4.69, 9.17) is 19.2 Å². The Kier molecular flexibility index (Phi) is 9.75. The highest BCUT2D eigenvalue weighted by atomic mass is 127. The largest absolute Gasteiger partial charge is 0.497 e. The number of nitrogens with zero attached hydrogens (tertiary/aromatic N) is 3. The fourth-order valence-electron chi connectivity index (χ4n) is 5.48. The molecule has 9 nitrogen and oxygen atoms in total. The molecule has 0 bridgehead atoms. The summed E-state index contributed by atoms with van der Waals surface area (Å²) in [5.74, 6) is 1.27. The molecule has 240 valence electrons. The maximum Gasteiger partial charge on any atom is 0.271 e. The van der Waals surface area contributed by atoms with Gasteiger partial charge in [-0.05, 0) is 89.2 Å². The van der Waals surface area contributed by atoms with Gasteiger partial charge in [0.15, 0.2) is 16.3 Å². The number of nitriles is 1. The SMILES string of the molecule is COc1cccc([C@@H]2C(C(=O)Nc3ccccc3)=C(C)N=c3s/c(=C\c4cc(I)c(OCc5ccccc5C#N)c(OC)c4)c(=O)n32)c1. The zero-order chi connectivity index (χ0) is 33.8. The van der Waals surface area contributed by atoms with Crippen molar-refractivity contribution in [2.24, 2.45) is 4.99 Å². The van der Waals surface area contributed by atoms with Crippen LogP contribution in [0.15, 0.2) is 112 Å². The van der Waals surface area contributed by atoms with E-state index in [1.54, 1.807) is 56.1 Å². The van der Waals surface area contributed by atoms with E-state index in [1.807, 2.05) is 66.7 Å². The van der Waals surface area contributed by atoms with Crippen molar-refractivity contribution in [2.45, 2.75) is 19.6 Å². The highest BCUT2D eigenvalue weighted by molar-refractivity contribution is 14.1. The van der Waals surface area contributed by atoms with E-state index in [1.165, 1.54) is 11.3 Å². The van der Waals surface area contributed by atoms with Crippen LogP contribution in [0.4, 0.5) is 5.69 Å². The molecule has 0 unspecified atom stereocenters. The van der Waals surface area contributed by atoms with Crippen LogP contribution in [-0.4, -0.2) is 24.7 Å². The van der Waals surface area contributed by atoms with E-state index < -0.39 is 6.04 Å². The van der Waals surface area contributed by atoms with E-state index >= 15 is 0 Å². The number of hydrogen-bond acceptors (Lipinski definition) is 8. The number of allylic oxidation sites excluding steroid dienone is 1. The number of halogens is 1. The third-order valence-corrected chi connectivity index (χ3v) is 9.55. The lowest BCUT2D eigenvalue weighted by atomic mass is 9.95. The summed E-state index contributed by atoms with van der Waals surface area (Å²) < 4.78 is 20.1. The van der Waals surface area contributed by atoms with Crippen LogP contribution in [0.2, 0.25) is 0 Å². The van der Waals surface area contributed by atoms with Gasteiger partial charge >= 0.3 is 0 Å². The van der Waals surface area contributed by atoms with Crippen molar-refractivity contribution in [3.8, 4) is 23.3 Å². The molecule has 48 heavy (non-hydrogen) atoms. The van der Waals surface area contributed by atoms with Crippen LogP contribution in [0.1, 0.15) is 35.2 Å². The molecule has 1 atom stereocenters. The van der Waals surface area contributed by atoms with Crippen LogP contribution in [0.3, 0.4) is 0 Å². The van der Waals surface area contributed by atoms with Gasteiger partial charge in [-0.3, -0.25) is 14.2 Å². The number of benzene rings is 4. The van der Waals surface area contributed by atoms with E-state index in [2.05, 4.69) is 34.0 Å². The van der Waals surface area contributed by atoms with Crippen molar-refractivity contribution in [1.82, 2.24) is 4.57 Å². The van der Waals surface area contributed by atoms with Crippen LogP contribution in [-0.2, 0) is 11.4 Å². The molecular weight excluding hydrogens is 739 g/mol. The number of carbonyl (C=O) groups is 1. The summed E-state index contributed by atoms with van der Waals surface area (Å²) in [6.07, 6.45) is 1.79. The van der Waals surface area contributed by atoms with Crippen molar-refractivity contribution in [3.05, 3.63) is 148 Å². The number of amides is 1. The van der Waals surface area contributed by atoms with Gasteiger partial charge in [0, 0.05) is 11.3 Å². The van der Waals surface area contributed by atoms with Gasteiger partial charge in [-0.15, -0.1) is 0 Å².